The molecule has 2 rings (SSSR count). The fraction of sp³-hybridized carbons (Fsp3) is 0.200. The maximum atomic E-state index is 13.4. The van der Waals surface area contributed by atoms with Crippen LogP contribution >= 0.6 is 23.1 Å². The van der Waals surface area contributed by atoms with Gasteiger partial charge >= 0.3 is 0 Å². The van der Waals surface area contributed by atoms with Gasteiger partial charge in [-0.2, -0.15) is 4.37 Å². The number of nitrogen functional groups attached to an aromatic ring is 1. The third kappa shape index (κ3) is 2.48. The first-order valence-corrected chi connectivity index (χ1v) is 5.83. The second kappa shape index (κ2) is 4.76. The van der Waals surface area contributed by atoms with Crippen molar-refractivity contribution in [2.45, 2.75) is 12.8 Å². The third-order valence-corrected chi connectivity index (χ3v) is 3.08. The van der Waals surface area contributed by atoms with E-state index in [1.807, 2.05) is 0 Å². The highest BCUT2D eigenvalue weighted by Crippen LogP contribution is 2.20. The van der Waals surface area contributed by atoms with Crippen molar-refractivity contribution in [1.82, 2.24) is 9.36 Å². The molecule has 0 amide bonds. The van der Waals surface area contributed by atoms with E-state index in [2.05, 4.69) is 9.36 Å². The molecule has 0 aliphatic carbocycles. The summed E-state index contributed by atoms with van der Waals surface area (Å²) in [5, 5.41) is 0.859. The van der Waals surface area contributed by atoms with E-state index in [0.29, 0.717) is 34.4 Å². The maximum Gasteiger partial charge on any atom is 0.199 e. The van der Waals surface area contributed by atoms with Crippen molar-refractivity contribution >= 4 is 28.3 Å². The first-order valence-electron chi connectivity index (χ1n) is 4.68. The van der Waals surface area contributed by atoms with Crippen molar-refractivity contribution in [1.29, 1.82) is 0 Å². The van der Waals surface area contributed by atoms with Gasteiger partial charge in [0.05, 0.1) is 0 Å². The first-order chi connectivity index (χ1) is 7.66. The molecule has 16 heavy (non-hydrogen) atoms. The first kappa shape index (κ1) is 11.3. The van der Waals surface area contributed by atoms with Crippen LogP contribution in [0.3, 0.4) is 0 Å². The molecule has 1 heterocycles. The Morgan fingerprint density at radius 2 is 2.19 bits per heavy atom. The normalized spacial score (nSPS) is 10.6. The lowest BCUT2D eigenvalue weighted by molar-refractivity contribution is 0.608. The van der Waals surface area contributed by atoms with Crippen molar-refractivity contribution in [3.8, 4) is 0 Å². The van der Waals surface area contributed by atoms with Gasteiger partial charge in [0.1, 0.15) is 11.6 Å². The number of benzene rings is 1. The van der Waals surface area contributed by atoms with Crippen LogP contribution in [0.25, 0.3) is 0 Å². The van der Waals surface area contributed by atoms with Gasteiger partial charge in [0.2, 0.25) is 0 Å². The van der Waals surface area contributed by atoms with Crippen LogP contribution in [0, 0.1) is 5.82 Å². The number of hydrogen-bond donors (Lipinski definition) is 1. The number of hydrogen-bond acceptors (Lipinski definition) is 4. The lowest BCUT2D eigenvalue weighted by Crippen LogP contribution is -1.97. The number of aryl methyl sites for hydroxylation is 1. The minimum absolute atomic E-state index is 0.296. The van der Waals surface area contributed by atoms with Gasteiger partial charge in [-0.05, 0) is 18.6 Å². The fourth-order valence-electron chi connectivity index (χ4n) is 1.38. The molecule has 2 N–H and O–H groups in total. The fourth-order valence-corrected chi connectivity index (χ4v) is 2.11. The van der Waals surface area contributed by atoms with Crippen LogP contribution in [-0.2, 0) is 12.8 Å². The molecule has 1 aromatic carbocycles. The van der Waals surface area contributed by atoms with Gasteiger partial charge < -0.3 is 5.73 Å². The quantitative estimate of drug-likeness (QED) is 0.920. The minimum Gasteiger partial charge on any atom is -0.374 e. The van der Waals surface area contributed by atoms with Crippen molar-refractivity contribution in [2.75, 3.05) is 5.73 Å². The Morgan fingerprint density at radius 3 is 2.81 bits per heavy atom. The zero-order valence-electron chi connectivity index (χ0n) is 8.28. The Balaban J connectivity index is 2.10. The SMILES string of the molecule is Nc1nc(CCc2c(F)cccc2Cl)ns1. The molecule has 0 saturated heterocycles. The Bertz CT molecular complexity index is 480. The zero-order valence-corrected chi connectivity index (χ0v) is 9.85. The highest BCUT2D eigenvalue weighted by Gasteiger charge is 2.08. The summed E-state index contributed by atoms with van der Waals surface area (Å²) >= 11 is 7.04. The van der Waals surface area contributed by atoms with Crippen molar-refractivity contribution < 1.29 is 4.39 Å². The highest BCUT2D eigenvalue weighted by molar-refractivity contribution is 7.09. The molecule has 84 valence electrons. The molecular weight excluding hydrogens is 249 g/mol. The predicted molar refractivity (Wildman–Crippen MR) is 63.1 cm³/mol. The average Bonchev–Trinajstić information content (AvgIpc) is 2.63. The molecule has 0 fully saturated rings. The summed E-state index contributed by atoms with van der Waals surface area (Å²) in [6, 6.07) is 4.65. The van der Waals surface area contributed by atoms with E-state index in [1.165, 1.54) is 6.07 Å². The van der Waals surface area contributed by atoms with Crippen LogP contribution in [-0.4, -0.2) is 9.36 Å². The molecule has 0 spiro atoms. The molecular formula is C10H9ClFN3S. The largest absolute Gasteiger partial charge is 0.374 e. The van der Waals surface area contributed by atoms with Crippen LogP contribution in [0.1, 0.15) is 11.4 Å². The van der Waals surface area contributed by atoms with Crippen molar-refractivity contribution in [2.24, 2.45) is 0 Å². The van der Waals surface area contributed by atoms with Crippen LogP contribution in [0.5, 0.6) is 0 Å². The van der Waals surface area contributed by atoms with Crippen molar-refractivity contribution in [3.63, 3.8) is 0 Å². The molecule has 0 saturated carbocycles. The monoisotopic (exact) mass is 257 g/mol. The van der Waals surface area contributed by atoms with Crippen molar-refractivity contribution in [3.05, 3.63) is 40.4 Å². The minimum atomic E-state index is -0.296. The van der Waals surface area contributed by atoms with Gasteiger partial charge in [0.15, 0.2) is 5.13 Å². The van der Waals surface area contributed by atoms with Crippen LogP contribution in [0.2, 0.25) is 5.02 Å². The Morgan fingerprint density at radius 1 is 1.38 bits per heavy atom. The smallest absolute Gasteiger partial charge is 0.199 e. The standard InChI is InChI=1S/C10H9ClFN3S/c11-7-2-1-3-8(12)6(7)4-5-9-14-10(13)16-15-9/h1-3H,4-5H2,(H2,13,14,15). The van der Waals surface area contributed by atoms with Gasteiger partial charge in [-0.1, -0.05) is 17.7 Å². The maximum absolute atomic E-state index is 13.4. The van der Waals surface area contributed by atoms with E-state index >= 15 is 0 Å². The lowest BCUT2D eigenvalue weighted by atomic mass is 10.1. The third-order valence-electron chi connectivity index (χ3n) is 2.14. The number of anilines is 1. The number of halogens is 2. The summed E-state index contributed by atoms with van der Waals surface area (Å²) in [5.74, 6) is 0.331. The molecule has 0 bridgehead atoms. The number of nitrogens with two attached hydrogens (primary N) is 1. The second-order valence-corrected chi connectivity index (χ2v) is 4.44. The Hall–Kier alpha value is -1.20. The summed E-state index contributed by atoms with van der Waals surface area (Å²) in [7, 11) is 0. The Kier molecular flexibility index (Phi) is 3.36. The van der Waals surface area contributed by atoms with Gasteiger partial charge in [0, 0.05) is 28.5 Å². The number of nitrogens with zero attached hydrogens (tertiary/aromatic N) is 2. The summed E-state index contributed by atoms with van der Waals surface area (Å²) in [6.45, 7) is 0. The molecule has 0 aliphatic rings. The van der Waals surface area contributed by atoms with Gasteiger partial charge in [-0.3, -0.25) is 0 Å². The molecule has 0 unspecified atom stereocenters. The van der Waals surface area contributed by atoms with Gasteiger partial charge in [0.25, 0.3) is 0 Å². The van der Waals surface area contributed by atoms with E-state index in [-0.39, 0.29) is 5.82 Å². The molecule has 1 aromatic heterocycles. The van der Waals surface area contributed by atoms with Crippen LogP contribution in [0.15, 0.2) is 18.2 Å². The molecule has 6 heteroatoms. The van der Waals surface area contributed by atoms with Gasteiger partial charge in [-0.25, -0.2) is 9.37 Å². The molecule has 0 aliphatic heterocycles. The molecule has 0 atom stereocenters. The topological polar surface area (TPSA) is 51.8 Å². The van der Waals surface area contributed by atoms with E-state index in [0.717, 1.165) is 11.5 Å². The lowest BCUT2D eigenvalue weighted by Gasteiger charge is -2.03. The van der Waals surface area contributed by atoms with E-state index in [4.69, 9.17) is 17.3 Å². The number of rotatable bonds is 3. The van der Waals surface area contributed by atoms with E-state index in [1.54, 1.807) is 12.1 Å². The average molecular weight is 258 g/mol. The molecule has 3 nitrogen and oxygen atoms in total. The summed E-state index contributed by atoms with van der Waals surface area (Å²) < 4.78 is 17.4. The highest BCUT2D eigenvalue weighted by atomic mass is 35.5. The summed E-state index contributed by atoms with van der Waals surface area (Å²) in [5.41, 5.74) is 5.95. The Labute approximate surface area is 101 Å². The second-order valence-electron chi connectivity index (χ2n) is 3.25. The summed E-state index contributed by atoms with van der Waals surface area (Å²) in [4.78, 5) is 4.00. The number of aromatic nitrogens is 2. The summed E-state index contributed by atoms with van der Waals surface area (Å²) in [6.07, 6.45) is 1.01. The van der Waals surface area contributed by atoms with Crippen LogP contribution in [0.4, 0.5) is 9.52 Å². The van der Waals surface area contributed by atoms with Crippen LogP contribution < -0.4 is 5.73 Å². The van der Waals surface area contributed by atoms with E-state index < -0.39 is 0 Å². The molecule has 0 radical (unpaired) electrons. The van der Waals surface area contributed by atoms with Gasteiger partial charge in [-0.15, -0.1) is 0 Å². The predicted octanol–water partition coefficient (Wildman–Crippen LogP) is 2.70. The van der Waals surface area contributed by atoms with E-state index in [9.17, 15) is 4.39 Å². The zero-order chi connectivity index (χ0) is 11.5. The molecule has 2 aromatic rings.